The third kappa shape index (κ3) is 2.59. The molecule has 0 fully saturated rings. The maximum atomic E-state index is 11.6. The van der Waals surface area contributed by atoms with Gasteiger partial charge in [-0.05, 0) is 32.4 Å². The van der Waals surface area contributed by atoms with Crippen LogP contribution in [0.3, 0.4) is 0 Å². The zero-order valence-corrected chi connectivity index (χ0v) is 11.5. The number of nitrogens with zero attached hydrogens (tertiary/aromatic N) is 1. The number of esters is 1. The molecule has 1 heterocycles. The van der Waals surface area contributed by atoms with Crippen molar-refractivity contribution in [3.63, 3.8) is 0 Å². The summed E-state index contributed by atoms with van der Waals surface area (Å²) in [7, 11) is 0. The van der Waals surface area contributed by atoms with Gasteiger partial charge in [0.25, 0.3) is 0 Å². The summed E-state index contributed by atoms with van der Waals surface area (Å²) < 4.78 is 4.94. The highest BCUT2D eigenvalue weighted by Crippen LogP contribution is 2.27. The number of carbonyl (C=O) groups is 1. The molecule has 0 N–H and O–H groups in total. The molecule has 2 aromatic rings. The number of ether oxygens (including phenoxy) is 1. The van der Waals surface area contributed by atoms with Crippen molar-refractivity contribution in [3.8, 4) is 10.6 Å². The lowest BCUT2D eigenvalue weighted by molar-refractivity contribution is 0.0520. The highest BCUT2D eigenvalue weighted by molar-refractivity contribution is 7.13. The Bertz CT molecular complexity index is 575. The lowest BCUT2D eigenvalue weighted by Crippen LogP contribution is -2.04. The number of hydrogen-bond donors (Lipinski definition) is 0. The standard InChI is InChI=1S/C14H15NO2S/c1-4-17-14(16)12-8-18-13(15-12)11-7-9(2)5-6-10(11)3/h5-8H,4H2,1-3H3. The van der Waals surface area contributed by atoms with Gasteiger partial charge in [-0.25, -0.2) is 9.78 Å². The van der Waals surface area contributed by atoms with Crippen LogP contribution in [0.25, 0.3) is 10.6 Å². The number of aromatic nitrogens is 1. The first-order valence-corrected chi connectivity index (χ1v) is 6.70. The quantitative estimate of drug-likeness (QED) is 0.792. The van der Waals surface area contributed by atoms with Gasteiger partial charge in [-0.1, -0.05) is 17.7 Å². The molecule has 4 heteroatoms. The molecule has 3 nitrogen and oxygen atoms in total. The number of benzene rings is 1. The van der Waals surface area contributed by atoms with E-state index in [1.54, 1.807) is 12.3 Å². The van der Waals surface area contributed by atoms with E-state index in [9.17, 15) is 4.79 Å². The van der Waals surface area contributed by atoms with Crippen LogP contribution in [-0.2, 0) is 4.74 Å². The second kappa shape index (κ2) is 5.31. The average molecular weight is 261 g/mol. The molecule has 0 bridgehead atoms. The average Bonchev–Trinajstić information content (AvgIpc) is 2.82. The van der Waals surface area contributed by atoms with Gasteiger partial charge in [0.15, 0.2) is 5.69 Å². The van der Waals surface area contributed by atoms with Gasteiger partial charge in [0.05, 0.1) is 6.61 Å². The molecule has 0 amide bonds. The van der Waals surface area contributed by atoms with Gasteiger partial charge in [0.2, 0.25) is 0 Å². The Hall–Kier alpha value is -1.68. The van der Waals surface area contributed by atoms with Crippen molar-refractivity contribution in [3.05, 3.63) is 40.4 Å². The third-order valence-electron chi connectivity index (χ3n) is 2.61. The Morgan fingerprint density at radius 3 is 2.89 bits per heavy atom. The topological polar surface area (TPSA) is 39.2 Å². The lowest BCUT2D eigenvalue weighted by atomic mass is 10.1. The van der Waals surface area contributed by atoms with Crippen LogP contribution >= 0.6 is 11.3 Å². The molecular formula is C14H15NO2S. The fraction of sp³-hybridized carbons (Fsp3) is 0.286. The molecule has 0 aliphatic heterocycles. The van der Waals surface area contributed by atoms with E-state index in [0.29, 0.717) is 12.3 Å². The van der Waals surface area contributed by atoms with E-state index in [4.69, 9.17) is 4.74 Å². The minimum absolute atomic E-state index is 0.356. The van der Waals surface area contributed by atoms with Gasteiger partial charge in [0.1, 0.15) is 5.01 Å². The maximum Gasteiger partial charge on any atom is 0.357 e. The Morgan fingerprint density at radius 2 is 2.17 bits per heavy atom. The summed E-state index contributed by atoms with van der Waals surface area (Å²) in [5, 5.41) is 2.61. The molecule has 0 spiro atoms. The minimum Gasteiger partial charge on any atom is -0.461 e. The van der Waals surface area contributed by atoms with Gasteiger partial charge < -0.3 is 4.74 Å². The number of hydrogen-bond acceptors (Lipinski definition) is 4. The van der Waals surface area contributed by atoms with Gasteiger partial charge >= 0.3 is 5.97 Å². The Balaban J connectivity index is 2.35. The fourth-order valence-electron chi connectivity index (χ4n) is 1.66. The number of rotatable bonds is 3. The largest absolute Gasteiger partial charge is 0.461 e. The highest BCUT2D eigenvalue weighted by Gasteiger charge is 2.13. The molecular weight excluding hydrogens is 246 g/mol. The predicted molar refractivity (Wildman–Crippen MR) is 73.0 cm³/mol. The van der Waals surface area contributed by atoms with Crippen molar-refractivity contribution in [2.45, 2.75) is 20.8 Å². The SMILES string of the molecule is CCOC(=O)c1csc(-c2cc(C)ccc2C)n1. The number of aryl methyl sites for hydroxylation is 2. The van der Waals surface area contributed by atoms with Crippen LogP contribution in [0.5, 0.6) is 0 Å². The minimum atomic E-state index is -0.356. The van der Waals surface area contributed by atoms with E-state index in [-0.39, 0.29) is 5.97 Å². The Labute approximate surface area is 110 Å². The van der Waals surface area contributed by atoms with Crippen molar-refractivity contribution in [1.82, 2.24) is 4.98 Å². The molecule has 0 unspecified atom stereocenters. The van der Waals surface area contributed by atoms with E-state index in [1.165, 1.54) is 16.9 Å². The number of thiazole rings is 1. The van der Waals surface area contributed by atoms with Gasteiger partial charge in [-0.3, -0.25) is 0 Å². The zero-order valence-electron chi connectivity index (χ0n) is 10.7. The summed E-state index contributed by atoms with van der Waals surface area (Å²) in [4.78, 5) is 15.9. The monoisotopic (exact) mass is 261 g/mol. The first-order valence-electron chi connectivity index (χ1n) is 5.82. The Kier molecular flexibility index (Phi) is 3.77. The molecule has 0 aliphatic carbocycles. The molecule has 1 aromatic carbocycles. The zero-order chi connectivity index (χ0) is 13.1. The van der Waals surface area contributed by atoms with Gasteiger partial charge in [-0.15, -0.1) is 11.3 Å². The summed E-state index contributed by atoms with van der Waals surface area (Å²) in [6, 6.07) is 6.22. The molecule has 0 radical (unpaired) electrons. The lowest BCUT2D eigenvalue weighted by Gasteiger charge is -2.03. The fourth-order valence-corrected chi connectivity index (χ4v) is 2.53. The molecule has 0 aliphatic rings. The summed E-state index contributed by atoms with van der Waals surface area (Å²) in [6.07, 6.45) is 0. The summed E-state index contributed by atoms with van der Waals surface area (Å²) in [6.45, 7) is 6.24. The predicted octanol–water partition coefficient (Wildman–Crippen LogP) is 3.60. The van der Waals surface area contributed by atoms with Crippen LogP contribution in [0, 0.1) is 13.8 Å². The molecule has 0 saturated carbocycles. The van der Waals surface area contributed by atoms with Gasteiger partial charge in [0, 0.05) is 10.9 Å². The Morgan fingerprint density at radius 1 is 1.39 bits per heavy atom. The van der Waals surface area contributed by atoms with Crippen LogP contribution in [0.15, 0.2) is 23.6 Å². The van der Waals surface area contributed by atoms with Gasteiger partial charge in [-0.2, -0.15) is 0 Å². The van der Waals surface area contributed by atoms with E-state index in [1.807, 2.05) is 13.8 Å². The molecule has 2 rings (SSSR count). The van der Waals surface area contributed by atoms with Crippen molar-refractivity contribution >= 4 is 17.3 Å². The summed E-state index contributed by atoms with van der Waals surface area (Å²) in [5.74, 6) is -0.356. The highest BCUT2D eigenvalue weighted by atomic mass is 32.1. The van der Waals surface area contributed by atoms with Crippen LogP contribution in [0.1, 0.15) is 28.5 Å². The maximum absolute atomic E-state index is 11.6. The van der Waals surface area contributed by atoms with Crippen LogP contribution in [-0.4, -0.2) is 17.6 Å². The first-order chi connectivity index (χ1) is 8.61. The van der Waals surface area contributed by atoms with Crippen molar-refractivity contribution in [1.29, 1.82) is 0 Å². The normalized spacial score (nSPS) is 10.4. The van der Waals surface area contributed by atoms with E-state index < -0.39 is 0 Å². The molecule has 1 aromatic heterocycles. The van der Waals surface area contributed by atoms with Crippen molar-refractivity contribution < 1.29 is 9.53 Å². The summed E-state index contributed by atoms with van der Waals surface area (Å²) in [5.41, 5.74) is 3.81. The van der Waals surface area contributed by atoms with E-state index in [0.717, 1.165) is 16.1 Å². The molecule has 0 atom stereocenters. The van der Waals surface area contributed by atoms with Crippen molar-refractivity contribution in [2.24, 2.45) is 0 Å². The molecule has 18 heavy (non-hydrogen) atoms. The van der Waals surface area contributed by atoms with Crippen LogP contribution in [0.2, 0.25) is 0 Å². The van der Waals surface area contributed by atoms with Crippen LogP contribution in [0.4, 0.5) is 0 Å². The second-order valence-electron chi connectivity index (χ2n) is 4.08. The van der Waals surface area contributed by atoms with Crippen molar-refractivity contribution in [2.75, 3.05) is 6.61 Å². The van der Waals surface area contributed by atoms with Crippen LogP contribution < -0.4 is 0 Å². The van der Waals surface area contributed by atoms with E-state index in [2.05, 4.69) is 23.2 Å². The second-order valence-corrected chi connectivity index (χ2v) is 4.93. The third-order valence-corrected chi connectivity index (χ3v) is 3.49. The number of carbonyl (C=O) groups excluding carboxylic acids is 1. The summed E-state index contributed by atoms with van der Waals surface area (Å²) >= 11 is 1.47. The molecule has 94 valence electrons. The molecule has 0 saturated heterocycles. The smallest absolute Gasteiger partial charge is 0.357 e. The first kappa shape index (κ1) is 12.8. The van der Waals surface area contributed by atoms with E-state index >= 15 is 0 Å².